The minimum Gasteiger partial charge on any atom is -0.480 e. The average molecular weight is 563 g/mol. The molecule has 41 heavy (non-hydrogen) atoms. The second kappa shape index (κ2) is 14.6. The molecule has 0 aromatic carbocycles. The van der Waals surface area contributed by atoms with Gasteiger partial charge in [0.25, 0.3) is 0 Å². The molecule has 4 N–H and O–H groups in total. The van der Waals surface area contributed by atoms with Crippen molar-refractivity contribution in [3.63, 3.8) is 0 Å². The third kappa shape index (κ3) is 9.01. The normalized spacial score (nSPS) is 16.9. The lowest BCUT2D eigenvalue weighted by molar-refractivity contribution is -0.138. The van der Waals surface area contributed by atoms with E-state index in [4.69, 9.17) is 0 Å². The van der Waals surface area contributed by atoms with Gasteiger partial charge in [-0.1, -0.05) is 12.2 Å². The van der Waals surface area contributed by atoms with Gasteiger partial charge in [0.2, 0.25) is 5.91 Å². The van der Waals surface area contributed by atoms with Crippen LogP contribution in [0.3, 0.4) is 0 Å². The molecule has 2 aliphatic rings. The predicted molar refractivity (Wildman–Crippen MR) is 159 cm³/mol. The maximum Gasteiger partial charge on any atom is 0.326 e. The summed E-state index contributed by atoms with van der Waals surface area (Å²) in [5.41, 5.74) is 2.89. The smallest absolute Gasteiger partial charge is 0.326 e. The van der Waals surface area contributed by atoms with Gasteiger partial charge in [0.15, 0.2) is 5.82 Å². The molecule has 2 aromatic heterocycles. The first kappa shape index (κ1) is 30.0. The molecule has 220 valence electrons. The number of carbonyl (C=O) groups is 2. The van der Waals surface area contributed by atoms with Crippen molar-refractivity contribution in [3.8, 4) is 11.4 Å². The molecular formula is C30H42N8O3. The van der Waals surface area contributed by atoms with Gasteiger partial charge in [0.05, 0.1) is 6.54 Å². The Labute approximate surface area is 242 Å². The molecule has 0 saturated heterocycles. The monoisotopic (exact) mass is 562 g/mol. The van der Waals surface area contributed by atoms with Crippen LogP contribution in [0.4, 0.5) is 5.82 Å². The number of likely N-dealkylation sites (N-methyl/N-ethyl adjacent to an activating group) is 1. The molecule has 1 unspecified atom stereocenters. The number of nitrogens with zero attached hydrogens (tertiary/aromatic N) is 5. The molecule has 2 aliphatic heterocycles. The van der Waals surface area contributed by atoms with Crippen molar-refractivity contribution in [2.75, 3.05) is 45.6 Å². The number of carboxylic acid groups (broad SMARTS) is 1. The molecule has 1 amide bonds. The zero-order valence-electron chi connectivity index (χ0n) is 24.3. The summed E-state index contributed by atoms with van der Waals surface area (Å²) in [5, 5.41) is 20.1. The lowest BCUT2D eigenvalue weighted by Crippen LogP contribution is -2.41. The van der Waals surface area contributed by atoms with E-state index in [9.17, 15) is 14.7 Å². The van der Waals surface area contributed by atoms with Crippen LogP contribution in [0.2, 0.25) is 0 Å². The standard InChI is InChI=1S/C30H42N8O3/c1-21-19-26(36-29(33-21)23-11-15-31-16-12-23)35-25(30(40)41)13-18-38(20-27(39)37(2)3)17-5-4-8-24-10-9-22-7-6-14-32-28(22)34-24/h9-12,15-16,19,24-25,32,34H,4-8,13-14,17-18,20H2,1-3H3,(H,40,41)(H,33,35,36)/t24?,25-/m0/s1. The summed E-state index contributed by atoms with van der Waals surface area (Å²) in [5.74, 6) is 1.16. The maximum atomic E-state index is 12.5. The Bertz CT molecular complexity index is 1250. The molecule has 2 aromatic rings. The number of carboxylic acids is 1. The lowest BCUT2D eigenvalue weighted by atomic mass is 9.99. The molecule has 11 nitrogen and oxygen atoms in total. The number of hydrogen-bond donors (Lipinski definition) is 4. The van der Waals surface area contributed by atoms with Gasteiger partial charge in [0, 0.05) is 62.9 Å². The van der Waals surface area contributed by atoms with E-state index < -0.39 is 12.0 Å². The Morgan fingerprint density at radius 1 is 1.17 bits per heavy atom. The van der Waals surface area contributed by atoms with Crippen LogP contribution in [0.25, 0.3) is 11.4 Å². The van der Waals surface area contributed by atoms with E-state index in [0.29, 0.717) is 37.2 Å². The van der Waals surface area contributed by atoms with Crippen LogP contribution in [0.15, 0.2) is 54.1 Å². The Morgan fingerprint density at radius 3 is 2.73 bits per heavy atom. The molecule has 0 aliphatic carbocycles. The van der Waals surface area contributed by atoms with Gasteiger partial charge >= 0.3 is 5.97 Å². The number of aromatic nitrogens is 3. The number of nitrogens with one attached hydrogen (secondary N) is 3. The topological polar surface area (TPSA) is 136 Å². The molecule has 4 rings (SSSR count). The summed E-state index contributed by atoms with van der Waals surface area (Å²) in [6, 6.07) is 4.80. The van der Waals surface area contributed by atoms with E-state index in [1.165, 1.54) is 17.8 Å². The number of aryl methyl sites for hydroxylation is 1. The van der Waals surface area contributed by atoms with Crippen LogP contribution in [0, 0.1) is 6.92 Å². The summed E-state index contributed by atoms with van der Waals surface area (Å²) in [6.45, 7) is 4.29. The largest absolute Gasteiger partial charge is 0.480 e. The second-order valence-electron chi connectivity index (χ2n) is 10.9. The lowest BCUT2D eigenvalue weighted by Gasteiger charge is -2.29. The highest BCUT2D eigenvalue weighted by Crippen LogP contribution is 2.21. The minimum atomic E-state index is -0.967. The van der Waals surface area contributed by atoms with Crippen molar-refractivity contribution < 1.29 is 14.7 Å². The molecule has 0 fully saturated rings. The number of hydrogen-bond acceptors (Lipinski definition) is 9. The SMILES string of the molecule is Cc1cc(N[C@@H](CCN(CCCCC2C=CC3=C(NCCC3)N2)CC(=O)N(C)C)C(=O)O)nc(-c2ccncc2)n1. The number of anilines is 1. The van der Waals surface area contributed by atoms with Crippen molar-refractivity contribution >= 4 is 17.7 Å². The highest BCUT2D eigenvalue weighted by atomic mass is 16.4. The van der Waals surface area contributed by atoms with Crippen molar-refractivity contribution in [1.82, 2.24) is 35.4 Å². The number of aliphatic carboxylic acids is 1. The van der Waals surface area contributed by atoms with Crippen molar-refractivity contribution in [3.05, 3.63) is 59.8 Å². The third-order valence-electron chi connectivity index (χ3n) is 7.35. The number of unbranched alkanes of at least 4 members (excludes halogenated alkanes) is 1. The summed E-state index contributed by atoms with van der Waals surface area (Å²) in [7, 11) is 3.48. The molecule has 0 radical (unpaired) electrons. The molecule has 0 spiro atoms. The maximum absolute atomic E-state index is 12.5. The molecular weight excluding hydrogens is 520 g/mol. The van der Waals surface area contributed by atoms with E-state index in [2.05, 4.69) is 48.0 Å². The van der Waals surface area contributed by atoms with Crippen LogP contribution in [0.5, 0.6) is 0 Å². The van der Waals surface area contributed by atoms with Gasteiger partial charge in [-0.2, -0.15) is 0 Å². The molecule has 2 atom stereocenters. The van der Waals surface area contributed by atoms with E-state index in [0.717, 1.165) is 43.5 Å². The van der Waals surface area contributed by atoms with Crippen LogP contribution in [-0.2, 0) is 9.59 Å². The zero-order valence-corrected chi connectivity index (χ0v) is 24.3. The number of allylic oxidation sites excluding steroid dienone is 2. The molecule has 0 saturated carbocycles. The number of amides is 1. The number of dihydropyridines is 1. The quantitative estimate of drug-likeness (QED) is 0.255. The zero-order chi connectivity index (χ0) is 29.2. The summed E-state index contributed by atoms with van der Waals surface area (Å²) >= 11 is 0. The Morgan fingerprint density at radius 2 is 1.98 bits per heavy atom. The number of rotatable bonds is 14. The highest BCUT2D eigenvalue weighted by molar-refractivity contribution is 5.78. The van der Waals surface area contributed by atoms with Crippen molar-refractivity contribution in [2.24, 2.45) is 0 Å². The van der Waals surface area contributed by atoms with E-state index in [1.807, 2.05) is 19.1 Å². The van der Waals surface area contributed by atoms with Gasteiger partial charge in [0.1, 0.15) is 17.7 Å². The molecule has 4 heterocycles. The Kier molecular flexibility index (Phi) is 10.7. The average Bonchev–Trinajstić information content (AvgIpc) is 2.97. The molecule has 11 heteroatoms. The van der Waals surface area contributed by atoms with E-state index in [1.54, 1.807) is 37.5 Å². The van der Waals surface area contributed by atoms with Gasteiger partial charge in [-0.3, -0.25) is 14.7 Å². The fourth-order valence-electron chi connectivity index (χ4n) is 5.00. The first-order valence-electron chi connectivity index (χ1n) is 14.4. The van der Waals surface area contributed by atoms with E-state index in [-0.39, 0.29) is 12.5 Å². The second-order valence-corrected chi connectivity index (χ2v) is 10.9. The highest BCUT2D eigenvalue weighted by Gasteiger charge is 2.22. The summed E-state index contributed by atoms with van der Waals surface area (Å²) < 4.78 is 0. The van der Waals surface area contributed by atoms with Crippen LogP contribution < -0.4 is 16.0 Å². The van der Waals surface area contributed by atoms with Crippen LogP contribution >= 0.6 is 0 Å². The van der Waals surface area contributed by atoms with Gasteiger partial charge in [-0.15, -0.1) is 0 Å². The fourth-order valence-corrected chi connectivity index (χ4v) is 5.00. The third-order valence-corrected chi connectivity index (χ3v) is 7.35. The minimum absolute atomic E-state index is 0.00188. The first-order chi connectivity index (χ1) is 19.8. The summed E-state index contributed by atoms with van der Waals surface area (Å²) in [4.78, 5) is 41.4. The number of pyridine rings is 1. The fraction of sp³-hybridized carbons (Fsp3) is 0.500. The van der Waals surface area contributed by atoms with Crippen molar-refractivity contribution in [2.45, 2.75) is 57.5 Å². The predicted octanol–water partition coefficient (Wildman–Crippen LogP) is 2.79. The summed E-state index contributed by atoms with van der Waals surface area (Å²) in [6.07, 6.45) is 13.3. The van der Waals surface area contributed by atoms with Crippen LogP contribution in [-0.4, -0.2) is 94.1 Å². The van der Waals surface area contributed by atoms with Gasteiger partial charge < -0.3 is 26.0 Å². The first-order valence-corrected chi connectivity index (χ1v) is 14.4. The van der Waals surface area contributed by atoms with Gasteiger partial charge in [-0.05, 0) is 69.7 Å². The van der Waals surface area contributed by atoms with Crippen LogP contribution in [0.1, 0.15) is 44.2 Å². The Hall–Kier alpha value is -3.99. The van der Waals surface area contributed by atoms with Gasteiger partial charge in [-0.25, -0.2) is 14.8 Å². The van der Waals surface area contributed by atoms with Crippen molar-refractivity contribution in [1.29, 1.82) is 0 Å². The number of carbonyl (C=O) groups excluding carboxylic acids is 1. The Balaban J connectivity index is 1.32. The molecule has 0 bridgehead atoms. The van der Waals surface area contributed by atoms with E-state index >= 15 is 0 Å².